The molecule has 0 unspecified atom stereocenters. The Bertz CT molecular complexity index is 655. The summed E-state index contributed by atoms with van der Waals surface area (Å²) in [5.41, 5.74) is 0.636. The average Bonchev–Trinajstić information content (AvgIpc) is 2.82. The number of hydrogen-bond donors (Lipinski definition) is 2. The molecule has 0 radical (unpaired) electrons. The van der Waals surface area contributed by atoms with Crippen molar-refractivity contribution in [1.29, 1.82) is 10.5 Å². The van der Waals surface area contributed by atoms with Crippen molar-refractivity contribution in [2.24, 2.45) is 0 Å². The fourth-order valence-corrected chi connectivity index (χ4v) is 1.33. The number of nitriles is 2. The van der Waals surface area contributed by atoms with Gasteiger partial charge in [-0.25, -0.2) is 4.39 Å². The van der Waals surface area contributed by atoms with Gasteiger partial charge < -0.3 is 5.32 Å². The second kappa shape index (κ2) is 4.33. The highest BCUT2D eigenvalue weighted by atomic mass is 19.1. The zero-order chi connectivity index (χ0) is 12.3. The van der Waals surface area contributed by atoms with Crippen LogP contribution in [0.25, 0.3) is 10.9 Å². The van der Waals surface area contributed by atoms with Crippen molar-refractivity contribution in [3.63, 3.8) is 0 Å². The number of fused-ring (bicyclic) bond motifs is 1. The molecule has 0 aliphatic heterocycles. The lowest BCUT2D eigenvalue weighted by molar-refractivity contribution is 0.643. The Balaban J connectivity index is 2.38. The minimum absolute atomic E-state index is 0.128. The van der Waals surface area contributed by atoms with E-state index >= 15 is 0 Å². The van der Waals surface area contributed by atoms with Crippen LogP contribution in [0, 0.1) is 28.5 Å². The highest BCUT2D eigenvalue weighted by Gasteiger charge is 2.07. The van der Waals surface area contributed by atoms with Gasteiger partial charge in [0.25, 0.3) is 0 Å². The number of aromatic amines is 1. The molecule has 0 amide bonds. The van der Waals surface area contributed by atoms with E-state index in [4.69, 9.17) is 10.5 Å². The maximum Gasteiger partial charge on any atom is 0.157 e. The van der Waals surface area contributed by atoms with Crippen molar-refractivity contribution in [1.82, 2.24) is 10.2 Å². The molecule has 2 N–H and O–H groups in total. The van der Waals surface area contributed by atoms with Gasteiger partial charge in [0.05, 0.1) is 22.8 Å². The molecule has 0 fully saturated rings. The minimum atomic E-state index is -0.484. The lowest BCUT2D eigenvalue weighted by atomic mass is 10.2. The first-order valence-electron chi connectivity index (χ1n) is 4.64. The lowest BCUT2D eigenvalue weighted by Crippen LogP contribution is -1.93. The molecule has 0 aliphatic rings. The number of halogens is 1. The smallest absolute Gasteiger partial charge is 0.157 e. The van der Waals surface area contributed by atoms with Crippen LogP contribution < -0.4 is 5.32 Å². The Kier molecular flexibility index (Phi) is 2.71. The van der Waals surface area contributed by atoms with Crippen LogP contribution in [-0.2, 0) is 0 Å². The molecule has 0 saturated carbocycles. The number of hydrogen-bond acceptors (Lipinski definition) is 4. The van der Waals surface area contributed by atoms with Gasteiger partial charge in [0.2, 0.25) is 0 Å². The number of rotatable bonds is 2. The van der Waals surface area contributed by atoms with E-state index in [1.807, 2.05) is 0 Å². The van der Waals surface area contributed by atoms with E-state index < -0.39 is 5.82 Å². The fourth-order valence-electron chi connectivity index (χ4n) is 1.33. The van der Waals surface area contributed by atoms with Gasteiger partial charge in [-0.15, -0.1) is 0 Å². The molecule has 6 heteroatoms. The van der Waals surface area contributed by atoms with Gasteiger partial charge in [-0.2, -0.15) is 15.6 Å². The van der Waals surface area contributed by atoms with Gasteiger partial charge in [0.1, 0.15) is 17.7 Å². The molecule has 82 valence electrons. The van der Waals surface area contributed by atoms with E-state index in [9.17, 15) is 4.39 Å². The number of aromatic nitrogens is 2. The Hall–Kier alpha value is -2.86. The van der Waals surface area contributed by atoms with Gasteiger partial charge in [-0.05, 0) is 12.1 Å². The maximum absolute atomic E-state index is 13.8. The predicted octanol–water partition coefficient (Wildman–Crippen LogP) is 2.04. The first kappa shape index (κ1) is 10.7. The van der Waals surface area contributed by atoms with Crippen molar-refractivity contribution in [2.45, 2.75) is 0 Å². The first-order valence-corrected chi connectivity index (χ1v) is 4.64. The molecule has 2 aromatic rings. The second-order valence-corrected chi connectivity index (χ2v) is 3.18. The summed E-state index contributed by atoms with van der Waals surface area (Å²) in [5, 5.41) is 26.3. The van der Waals surface area contributed by atoms with E-state index in [0.717, 1.165) is 6.20 Å². The molecule has 0 spiro atoms. The number of nitrogens with zero attached hydrogens (tertiary/aromatic N) is 3. The number of benzene rings is 1. The highest BCUT2D eigenvalue weighted by molar-refractivity contribution is 5.83. The number of anilines is 1. The third-order valence-corrected chi connectivity index (χ3v) is 2.17. The Morgan fingerprint density at radius 3 is 2.88 bits per heavy atom. The molecule has 0 atom stereocenters. The summed E-state index contributed by atoms with van der Waals surface area (Å²) in [6.07, 6.45) is 2.53. The quantitative estimate of drug-likeness (QED) is 0.768. The van der Waals surface area contributed by atoms with Crippen LogP contribution in [0.1, 0.15) is 0 Å². The molecule has 0 saturated heterocycles. The molecule has 17 heavy (non-hydrogen) atoms. The molecular formula is C11H6FN5. The molecule has 5 nitrogen and oxygen atoms in total. The summed E-state index contributed by atoms with van der Waals surface area (Å²) in [5.74, 6) is -0.484. The maximum atomic E-state index is 13.8. The summed E-state index contributed by atoms with van der Waals surface area (Å²) in [7, 11) is 0. The van der Waals surface area contributed by atoms with Gasteiger partial charge in [-0.3, -0.25) is 5.10 Å². The number of nitrogens with one attached hydrogen (secondary N) is 2. The molecule has 0 aliphatic carbocycles. The Morgan fingerprint density at radius 1 is 1.41 bits per heavy atom. The summed E-state index contributed by atoms with van der Waals surface area (Å²) < 4.78 is 13.8. The summed E-state index contributed by atoms with van der Waals surface area (Å²) >= 11 is 0. The summed E-state index contributed by atoms with van der Waals surface area (Å²) in [6.45, 7) is 0. The first-order chi connectivity index (χ1) is 8.26. The Morgan fingerprint density at radius 2 is 2.18 bits per heavy atom. The van der Waals surface area contributed by atoms with Gasteiger partial charge in [0, 0.05) is 6.20 Å². The van der Waals surface area contributed by atoms with Crippen molar-refractivity contribution in [3.8, 4) is 12.1 Å². The third-order valence-electron chi connectivity index (χ3n) is 2.17. The van der Waals surface area contributed by atoms with E-state index in [-0.39, 0.29) is 11.3 Å². The van der Waals surface area contributed by atoms with Crippen LogP contribution in [0.4, 0.5) is 10.1 Å². The fraction of sp³-hybridized carbons (Fsp3) is 0. The molecule has 0 bridgehead atoms. The molecule has 1 aromatic heterocycles. The zero-order valence-corrected chi connectivity index (χ0v) is 8.53. The molecular weight excluding hydrogens is 221 g/mol. The van der Waals surface area contributed by atoms with Crippen LogP contribution in [-0.4, -0.2) is 10.2 Å². The third kappa shape index (κ3) is 1.92. The lowest BCUT2D eigenvalue weighted by Gasteiger charge is -2.02. The van der Waals surface area contributed by atoms with E-state index in [2.05, 4.69) is 15.5 Å². The normalized spacial score (nSPS) is 9.35. The minimum Gasteiger partial charge on any atom is -0.357 e. The van der Waals surface area contributed by atoms with Crippen LogP contribution in [0.5, 0.6) is 0 Å². The van der Waals surface area contributed by atoms with Crippen LogP contribution in [0.2, 0.25) is 0 Å². The monoisotopic (exact) mass is 227 g/mol. The average molecular weight is 227 g/mol. The van der Waals surface area contributed by atoms with E-state index in [0.29, 0.717) is 10.9 Å². The largest absolute Gasteiger partial charge is 0.357 e. The standard InChI is InChI=1S/C11H6FN5/c12-11-8-6-16-17-9(8)1-2-10(11)15-5-7(3-13)4-14/h1-2,5-6,15H,(H,16,17). The van der Waals surface area contributed by atoms with Crippen molar-refractivity contribution in [2.75, 3.05) is 5.32 Å². The van der Waals surface area contributed by atoms with Crippen molar-refractivity contribution < 1.29 is 4.39 Å². The van der Waals surface area contributed by atoms with E-state index in [1.165, 1.54) is 12.3 Å². The van der Waals surface area contributed by atoms with Gasteiger partial charge >= 0.3 is 0 Å². The summed E-state index contributed by atoms with van der Waals surface area (Å²) in [4.78, 5) is 0. The van der Waals surface area contributed by atoms with Crippen LogP contribution in [0.3, 0.4) is 0 Å². The van der Waals surface area contributed by atoms with Gasteiger partial charge in [-0.1, -0.05) is 0 Å². The van der Waals surface area contributed by atoms with Crippen molar-refractivity contribution >= 4 is 16.6 Å². The summed E-state index contributed by atoms with van der Waals surface area (Å²) in [6, 6.07) is 6.49. The van der Waals surface area contributed by atoms with Crippen molar-refractivity contribution in [3.05, 3.63) is 35.9 Å². The molecule has 1 aromatic carbocycles. The number of allylic oxidation sites excluding steroid dienone is 1. The van der Waals surface area contributed by atoms with E-state index in [1.54, 1.807) is 18.2 Å². The molecule has 2 rings (SSSR count). The number of H-pyrrole nitrogens is 1. The van der Waals surface area contributed by atoms with Crippen LogP contribution >= 0.6 is 0 Å². The highest BCUT2D eigenvalue weighted by Crippen LogP contribution is 2.22. The molecule has 1 heterocycles. The predicted molar refractivity (Wildman–Crippen MR) is 59.0 cm³/mol. The second-order valence-electron chi connectivity index (χ2n) is 3.18. The SMILES string of the molecule is N#CC(C#N)=CNc1ccc2[nH]ncc2c1F. The van der Waals surface area contributed by atoms with Gasteiger partial charge in [0.15, 0.2) is 5.82 Å². The topological polar surface area (TPSA) is 88.3 Å². The zero-order valence-electron chi connectivity index (χ0n) is 8.53. The Labute approximate surface area is 95.8 Å². The van der Waals surface area contributed by atoms with Crippen LogP contribution in [0.15, 0.2) is 30.1 Å².